The lowest BCUT2D eigenvalue weighted by Gasteiger charge is -2.29. The lowest BCUT2D eigenvalue weighted by Crippen LogP contribution is -2.41. The topological polar surface area (TPSA) is 144 Å². The molecule has 2 aromatic carbocycles. The van der Waals surface area contributed by atoms with Crippen molar-refractivity contribution in [3.63, 3.8) is 0 Å². The number of benzene rings is 2. The molecule has 0 saturated carbocycles. The van der Waals surface area contributed by atoms with Gasteiger partial charge in [-0.05, 0) is 30.3 Å². The van der Waals surface area contributed by atoms with Crippen LogP contribution in [0, 0.1) is 0 Å². The van der Waals surface area contributed by atoms with Crippen LogP contribution in [-0.4, -0.2) is 91.4 Å². The molecular formula is C26H30Cl2FN7O4S. The number of nitrogens with one attached hydrogen (secondary N) is 5. The van der Waals surface area contributed by atoms with Gasteiger partial charge in [-0.25, -0.2) is 9.38 Å². The molecule has 1 fully saturated rings. The van der Waals surface area contributed by atoms with Crippen molar-refractivity contribution < 1.29 is 23.0 Å². The van der Waals surface area contributed by atoms with Crippen LogP contribution in [0.5, 0.6) is 0 Å². The third-order valence-corrected chi connectivity index (χ3v) is 8.14. The molecule has 0 radical (unpaired) electrons. The Balaban J connectivity index is 1.18. The van der Waals surface area contributed by atoms with Crippen LogP contribution in [0.3, 0.4) is 0 Å². The van der Waals surface area contributed by atoms with E-state index in [1.165, 1.54) is 0 Å². The first-order chi connectivity index (χ1) is 19.7. The van der Waals surface area contributed by atoms with E-state index in [1.807, 2.05) is 4.90 Å². The Morgan fingerprint density at radius 2 is 1.73 bits per heavy atom. The summed E-state index contributed by atoms with van der Waals surface area (Å²) in [6, 6.07) is 9.91. The summed E-state index contributed by atoms with van der Waals surface area (Å²) in [5.74, 6) is 0.171. The molecule has 5 N–H and O–H groups in total. The molecule has 0 bridgehead atoms. The third kappa shape index (κ3) is 8.78. The average Bonchev–Trinajstić information content (AvgIpc) is 2.95. The van der Waals surface area contributed by atoms with Crippen molar-refractivity contribution in [2.24, 2.45) is 4.99 Å². The van der Waals surface area contributed by atoms with Crippen molar-refractivity contribution in [3.8, 4) is 0 Å². The molecule has 15 heteroatoms. The number of hydrogen-bond donors (Lipinski definition) is 5. The Hall–Kier alpha value is -3.42. The first-order valence-electron chi connectivity index (χ1n) is 12.9. The van der Waals surface area contributed by atoms with E-state index in [4.69, 9.17) is 23.2 Å². The highest BCUT2D eigenvalue weighted by atomic mass is 35.5. The van der Waals surface area contributed by atoms with Crippen LogP contribution in [0.15, 0.2) is 41.4 Å². The fourth-order valence-electron chi connectivity index (χ4n) is 4.12. The Bertz CT molecular complexity index is 1330. The highest BCUT2D eigenvalue weighted by Crippen LogP contribution is 2.31. The molecule has 0 spiro atoms. The number of hydrogen-bond acceptors (Lipinski definition) is 8. The number of carbonyl (C=O) groups excluding carboxylic acids is 3. The maximum absolute atomic E-state index is 13.2. The van der Waals surface area contributed by atoms with E-state index in [9.17, 15) is 23.0 Å². The van der Waals surface area contributed by atoms with E-state index in [1.54, 1.807) is 36.4 Å². The van der Waals surface area contributed by atoms with E-state index in [-0.39, 0.29) is 48.3 Å². The quantitative estimate of drug-likeness (QED) is 0.266. The van der Waals surface area contributed by atoms with Gasteiger partial charge < -0.3 is 31.5 Å². The first kappa shape index (κ1) is 30.5. The molecule has 1 unspecified atom stereocenters. The minimum atomic E-state index is -1.03. The van der Waals surface area contributed by atoms with Crippen molar-refractivity contribution >= 4 is 69.1 Å². The Morgan fingerprint density at radius 3 is 2.41 bits per heavy atom. The molecule has 0 aliphatic carbocycles. The van der Waals surface area contributed by atoms with Crippen molar-refractivity contribution in [1.82, 2.24) is 21.3 Å². The maximum Gasteiger partial charge on any atom is 0.254 e. The van der Waals surface area contributed by atoms with Crippen LogP contribution >= 0.6 is 23.2 Å². The highest BCUT2D eigenvalue weighted by Gasteiger charge is 2.21. The van der Waals surface area contributed by atoms with Crippen LogP contribution in [0.4, 0.5) is 15.8 Å². The number of alkyl halides is 1. The van der Waals surface area contributed by atoms with E-state index >= 15 is 0 Å². The van der Waals surface area contributed by atoms with Crippen LogP contribution in [0.1, 0.15) is 20.7 Å². The molecule has 3 amide bonds. The lowest BCUT2D eigenvalue weighted by molar-refractivity contribution is -0.120. The minimum absolute atomic E-state index is 0.0629. The first-order valence-corrected chi connectivity index (χ1v) is 15.2. The normalized spacial score (nSPS) is 17.2. The van der Waals surface area contributed by atoms with E-state index in [0.29, 0.717) is 41.8 Å². The lowest BCUT2D eigenvalue weighted by atomic mass is 10.1. The summed E-state index contributed by atoms with van der Waals surface area (Å²) in [4.78, 5) is 43.4. The molecule has 41 heavy (non-hydrogen) atoms. The number of amides is 3. The molecule has 1 atom stereocenters. The van der Waals surface area contributed by atoms with Crippen LogP contribution in [-0.2, 0) is 15.6 Å². The number of anilines is 2. The number of rotatable bonds is 9. The predicted molar refractivity (Wildman–Crippen MR) is 159 cm³/mol. The second-order valence-electron chi connectivity index (χ2n) is 9.28. The zero-order valence-electron chi connectivity index (χ0n) is 22.0. The van der Waals surface area contributed by atoms with Gasteiger partial charge in [-0.2, -0.15) is 0 Å². The molecule has 220 valence electrons. The molecule has 2 aliphatic rings. The largest absolute Gasteiger partial charge is 0.370 e. The SMILES string of the molecule is O=C(CNC(=O)c1cccc(NC2=NCC(F)CN2)c1)NCCNC(=O)c1c(Cl)cc(N2CCS(=O)CC2)cc1Cl. The second-order valence-corrected chi connectivity index (χ2v) is 11.8. The van der Waals surface area contributed by atoms with Gasteiger partial charge in [0.15, 0.2) is 5.96 Å². The van der Waals surface area contributed by atoms with Crippen LogP contribution in [0.2, 0.25) is 10.0 Å². The van der Waals surface area contributed by atoms with Gasteiger partial charge in [-0.3, -0.25) is 18.6 Å². The minimum Gasteiger partial charge on any atom is -0.370 e. The summed E-state index contributed by atoms with van der Waals surface area (Å²) in [5, 5.41) is 14.0. The summed E-state index contributed by atoms with van der Waals surface area (Å²) < 4.78 is 24.8. The van der Waals surface area contributed by atoms with Gasteiger partial charge in [-0.15, -0.1) is 0 Å². The summed E-state index contributed by atoms with van der Waals surface area (Å²) in [5.41, 5.74) is 1.80. The van der Waals surface area contributed by atoms with Crippen molar-refractivity contribution in [3.05, 3.63) is 57.6 Å². The average molecular weight is 627 g/mol. The molecular weight excluding hydrogens is 596 g/mol. The molecule has 2 aliphatic heterocycles. The smallest absolute Gasteiger partial charge is 0.254 e. The number of aliphatic imine (C=N–C) groups is 1. The van der Waals surface area contributed by atoms with Crippen molar-refractivity contribution in [1.29, 1.82) is 0 Å². The van der Waals surface area contributed by atoms with Gasteiger partial charge in [-0.1, -0.05) is 29.3 Å². The van der Waals surface area contributed by atoms with E-state index < -0.39 is 34.7 Å². The zero-order valence-corrected chi connectivity index (χ0v) is 24.3. The summed E-state index contributed by atoms with van der Waals surface area (Å²) in [6.45, 7) is 1.42. The Morgan fingerprint density at radius 1 is 1.02 bits per heavy atom. The van der Waals surface area contributed by atoms with Crippen molar-refractivity contribution in [2.75, 3.05) is 67.5 Å². The van der Waals surface area contributed by atoms with Gasteiger partial charge >= 0.3 is 0 Å². The van der Waals surface area contributed by atoms with Crippen molar-refractivity contribution in [2.45, 2.75) is 6.17 Å². The Kier molecular flexibility index (Phi) is 10.8. The molecule has 1 saturated heterocycles. The Labute approximate surface area is 249 Å². The standard InChI is InChI=1S/C26H30Cl2FN7O4S/c27-20-11-19(36-6-8-41(40)9-7-36)12-21(28)23(20)25(39)31-5-4-30-22(37)15-32-24(38)16-2-1-3-18(10-16)35-26-33-13-17(29)14-34-26/h1-3,10-12,17H,4-9,13-15H2,(H,30,37)(H,31,39)(H,32,38)(H2,33,34,35). The number of guanidine groups is 1. The predicted octanol–water partition coefficient (Wildman–Crippen LogP) is 1.55. The third-order valence-electron chi connectivity index (χ3n) is 6.27. The monoisotopic (exact) mass is 625 g/mol. The summed E-state index contributed by atoms with van der Waals surface area (Å²) >= 11 is 12.7. The number of carbonyl (C=O) groups is 3. The fourth-order valence-corrected chi connectivity index (χ4v) is 5.82. The van der Waals surface area contributed by atoms with Gasteiger partial charge in [0.2, 0.25) is 5.91 Å². The maximum atomic E-state index is 13.2. The van der Waals surface area contributed by atoms with E-state index in [2.05, 4.69) is 31.6 Å². The molecule has 2 aromatic rings. The molecule has 4 rings (SSSR count). The van der Waals surface area contributed by atoms with Gasteiger partial charge in [0.1, 0.15) is 6.17 Å². The summed E-state index contributed by atoms with van der Waals surface area (Å²) in [6.07, 6.45) is -1.03. The molecule has 0 aromatic heterocycles. The van der Waals surface area contributed by atoms with Gasteiger partial charge in [0.05, 0.1) is 35.2 Å². The number of nitrogens with zero attached hydrogens (tertiary/aromatic N) is 2. The second kappa shape index (κ2) is 14.5. The zero-order chi connectivity index (χ0) is 29.4. The fraction of sp³-hybridized carbons (Fsp3) is 0.385. The van der Waals surface area contributed by atoms with Gasteiger partial charge in [0, 0.05) is 65.4 Å². The molecule has 2 heterocycles. The molecule has 11 nitrogen and oxygen atoms in total. The van der Waals surface area contributed by atoms with Crippen LogP contribution in [0.25, 0.3) is 0 Å². The number of halogens is 3. The summed E-state index contributed by atoms with van der Waals surface area (Å²) in [7, 11) is -0.820. The highest BCUT2D eigenvalue weighted by molar-refractivity contribution is 7.85. The van der Waals surface area contributed by atoms with E-state index in [0.717, 1.165) is 5.69 Å². The van der Waals surface area contributed by atoms with Gasteiger partial charge in [0.25, 0.3) is 11.8 Å². The van der Waals surface area contributed by atoms with Crippen LogP contribution < -0.4 is 31.5 Å².